The van der Waals surface area contributed by atoms with E-state index in [1.165, 1.54) is 0 Å². The molecule has 0 aliphatic rings. The Morgan fingerprint density at radius 1 is 1.14 bits per heavy atom. The summed E-state index contributed by atoms with van der Waals surface area (Å²) in [5.74, 6) is 0.671. The van der Waals surface area contributed by atoms with Crippen molar-refractivity contribution in [1.82, 2.24) is 0 Å². The summed E-state index contributed by atoms with van der Waals surface area (Å²) in [6, 6.07) is 0. The van der Waals surface area contributed by atoms with Crippen LogP contribution in [0.5, 0.6) is 0 Å². The lowest BCUT2D eigenvalue weighted by atomic mass is 9.69. The zero-order valence-corrected chi connectivity index (χ0v) is 10.9. The topological polar surface area (TPSA) is 20.2 Å². The highest BCUT2D eigenvalue weighted by molar-refractivity contribution is 4.83. The predicted octanol–water partition coefficient (Wildman–Crippen LogP) is 3.86. The van der Waals surface area contributed by atoms with Gasteiger partial charge in [-0.05, 0) is 36.0 Å². The third kappa shape index (κ3) is 4.99. The smallest absolute Gasteiger partial charge is 0.0487 e. The van der Waals surface area contributed by atoms with E-state index in [1.807, 2.05) is 0 Å². The summed E-state index contributed by atoms with van der Waals surface area (Å²) in [4.78, 5) is 0. The first-order valence-corrected chi connectivity index (χ1v) is 5.85. The van der Waals surface area contributed by atoms with E-state index in [0.717, 1.165) is 19.3 Å². The molecule has 0 amide bonds. The Balaban J connectivity index is 4.53. The van der Waals surface area contributed by atoms with Crippen LogP contribution in [-0.4, -0.2) is 11.7 Å². The first kappa shape index (κ1) is 14.0. The zero-order chi connectivity index (χ0) is 11.4. The molecule has 0 aromatic rings. The minimum atomic E-state index is 0.145. The molecule has 0 bridgehead atoms. The minimum absolute atomic E-state index is 0.145. The second kappa shape index (κ2) is 5.16. The summed E-state index contributed by atoms with van der Waals surface area (Å²) in [6.07, 6.45) is 3.33. The number of aliphatic hydroxyl groups is 1. The van der Waals surface area contributed by atoms with Gasteiger partial charge in [-0.3, -0.25) is 0 Å². The maximum atomic E-state index is 9.59. The first-order valence-electron chi connectivity index (χ1n) is 5.85. The molecule has 1 atom stereocenters. The molecule has 0 aromatic heterocycles. The molecule has 0 saturated heterocycles. The summed E-state index contributed by atoms with van der Waals surface area (Å²) in [6.45, 7) is 13.8. The maximum Gasteiger partial charge on any atom is 0.0487 e. The molecule has 1 unspecified atom stereocenters. The van der Waals surface area contributed by atoms with Crippen molar-refractivity contribution in [3.63, 3.8) is 0 Å². The van der Waals surface area contributed by atoms with E-state index in [2.05, 4.69) is 41.5 Å². The van der Waals surface area contributed by atoms with Crippen molar-refractivity contribution in [1.29, 1.82) is 0 Å². The Hall–Kier alpha value is -0.0400. The standard InChI is InChI=1S/C13H28O/c1-7-13(10-14,8-11(2)3)9-12(4,5)6/h11,14H,7-10H2,1-6H3. The second-order valence-corrected chi connectivity index (χ2v) is 6.35. The molecule has 86 valence electrons. The molecule has 1 heteroatoms. The van der Waals surface area contributed by atoms with E-state index >= 15 is 0 Å². The number of aliphatic hydroxyl groups excluding tert-OH is 1. The molecule has 0 fully saturated rings. The van der Waals surface area contributed by atoms with Crippen LogP contribution in [0.1, 0.15) is 60.8 Å². The van der Waals surface area contributed by atoms with Crippen LogP contribution in [-0.2, 0) is 0 Å². The van der Waals surface area contributed by atoms with E-state index < -0.39 is 0 Å². The number of hydrogen-bond acceptors (Lipinski definition) is 1. The van der Waals surface area contributed by atoms with Crippen molar-refractivity contribution in [3.8, 4) is 0 Å². The van der Waals surface area contributed by atoms with Crippen molar-refractivity contribution in [2.45, 2.75) is 60.8 Å². The second-order valence-electron chi connectivity index (χ2n) is 6.35. The van der Waals surface area contributed by atoms with Crippen LogP contribution in [0.2, 0.25) is 0 Å². The summed E-state index contributed by atoms with van der Waals surface area (Å²) >= 11 is 0. The van der Waals surface area contributed by atoms with Crippen molar-refractivity contribution in [2.24, 2.45) is 16.7 Å². The Labute approximate surface area is 89.9 Å². The molecule has 0 aromatic carbocycles. The fraction of sp³-hybridized carbons (Fsp3) is 1.00. The Morgan fingerprint density at radius 2 is 1.64 bits per heavy atom. The zero-order valence-electron chi connectivity index (χ0n) is 10.9. The molecule has 0 saturated carbocycles. The average molecular weight is 200 g/mol. The van der Waals surface area contributed by atoms with Gasteiger partial charge in [0, 0.05) is 6.61 Å². The molecule has 0 spiro atoms. The van der Waals surface area contributed by atoms with Gasteiger partial charge in [0.25, 0.3) is 0 Å². The van der Waals surface area contributed by atoms with E-state index in [-0.39, 0.29) is 5.41 Å². The van der Waals surface area contributed by atoms with Crippen molar-refractivity contribution >= 4 is 0 Å². The molecule has 0 rings (SSSR count). The molecular formula is C13H28O. The van der Waals surface area contributed by atoms with Crippen molar-refractivity contribution in [2.75, 3.05) is 6.61 Å². The lowest BCUT2D eigenvalue weighted by Crippen LogP contribution is -2.31. The monoisotopic (exact) mass is 200 g/mol. The fourth-order valence-electron chi connectivity index (χ4n) is 2.56. The van der Waals surface area contributed by atoms with Crippen LogP contribution in [0, 0.1) is 16.7 Å². The first-order chi connectivity index (χ1) is 6.24. The van der Waals surface area contributed by atoms with Gasteiger partial charge < -0.3 is 5.11 Å². The van der Waals surface area contributed by atoms with Gasteiger partial charge in [0.2, 0.25) is 0 Å². The third-order valence-electron chi connectivity index (χ3n) is 2.83. The highest BCUT2D eigenvalue weighted by Crippen LogP contribution is 2.40. The third-order valence-corrected chi connectivity index (χ3v) is 2.83. The van der Waals surface area contributed by atoms with Crippen molar-refractivity contribution < 1.29 is 5.11 Å². The van der Waals surface area contributed by atoms with E-state index in [9.17, 15) is 5.11 Å². The van der Waals surface area contributed by atoms with E-state index in [4.69, 9.17) is 0 Å². The van der Waals surface area contributed by atoms with Crippen LogP contribution in [0.25, 0.3) is 0 Å². The Kier molecular flexibility index (Phi) is 5.14. The summed E-state index contributed by atoms with van der Waals surface area (Å²) in [5, 5.41) is 9.59. The Bertz CT molecular complexity index is 149. The van der Waals surface area contributed by atoms with Gasteiger partial charge in [-0.1, -0.05) is 41.5 Å². The lowest BCUT2D eigenvalue weighted by molar-refractivity contribution is 0.0526. The molecule has 0 aliphatic heterocycles. The Morgan fingerprint density at radius 3 is 1.86 bits per heavy atom. The molecule has 1 N–H and O–H groups in total. The normalized spacial score (nSPS) is 17.1. The molecule has 0 radical (unpaired) electrons. The highest BCUT2D eigenvalue weighted by Gasteiger charge is 2.32. The van der Waals surface area contributed by atoms with E-state index in [1.54, 1.807) is 0 Å². The molecule has 0 heterocycles. The molecule has 14 heavy (non-hydrogen) atoms. The number of hydrogen-bond donors (Lipinski definition) is 1. The average Bonchev–Trinajstić information content (AvgIpc) is 1.99. The van der Waals surface area contributed by atoms with Crippen molar-refractivity contribution in [3.05, 3.63) is 0 Å². The van der Waals surface area contributed by atoms with Gasteiger partial charge in [0.1, 0.15) is 0 Å². The number of rotatable bonds is 5. The maximum absolute atomic E-state index is 9.59. The summed E-state index contributed by atoms with van der Waals surface area (Å²) in [5.41, 5.74) is 0.458. The van der Waals surface area contributed by atoms with Gasteiger partial charge in [-0.15, -0.1) is 0 Å². The largest absolute Gasteiger partial charge is 0.396 e. The fourth-order valence-corrected chi connectivity index (χ4v) is 2.56. The van der Waals surface area contributed by atoms with Crippen LogP contribution in [0.3, 0.4) is 0 Å². The predicted molar refractivity (Wildman–Crippen MR) is 63.3 cm³/mol. The quantitative estimate of drug-likeness (QED) is 0.714. The minimum Gasteiger partial charge on any atom is -0.396 e. The van der Waals surface area contributed by atoms with Crippen LogP contribution in [0.4, 0.5) is 0 Å². The summed E-state index contributed by atoms with van der Waals surface area (Å²) < 4.78 is 0. The SMILES string of the molecule is CCC(CO)(CC(C)C)CC(C)(C)C. The molecule has 0 aliphatic carbocycles. The van der Waals surface area contributed by atoms with Crippen LogP contribution in [0.15, 0.2) is 0 Å². The van der Waals surface area contributed by atoms with E-state index in [0.29, 0.717) is 17.9 Å². The van der Waals surface area contributed by atoms with Crippen LogP contribution >= 0.6 is 0 Å². The van der Waals surface area contributed by atoms with Gasteiger partial charge in [-0.2, -0.15) is 0 Å². The molecular weight excluding hydrogens is 172 g/mol. The van der Waals surface area contributed by atoms with Gasteiger partial charge in [0.05, 0.1) is 0 Å². The lowest BCUT2D eigenvalue weighted by Gasteiger charge is -2.38. The van der Waals surface area contributed by atoms with Gasteiger partial charge in [-0.25, -0.2) is 0 Å². The molecule has 1 nitrogen and oxygen atoms in total. The highest BCUT2D eigenvalue weighted by atomic mass is 16.3. The van der Waals surface area contributed by atoms with Gasteiger partial charge in [0.15, 0.2) is 0 Å². The summed E-state index contributed by atoms with van der Waals surface area (Å²) in [7, 11) is 0. The van der Waals surface area contributed by atoms with Crippen LogP contribution < -0.4 is 0 Å². The van der Waals surface area contributed by atoms with Gasteiger partial charge >= 0.3 is 0 Å².